The van der Waals surface area contributed by atoms with E-state index in [9.17, 15) is 9.59 Å². The Morgan fingerprint density at radius 2 is 1.93 bits per heavy atom. The van der Waals surface area contributed by atoms with Crippen molar-refractivity contribution in [3.05, 3.63) is 11.9 Å². The van der Waals surface area contributed by atoms with Gasteiger partial charge in [-0.25, -0.2) is 9.59 Å². The summed E-state index contributed by atoms with van der Waals surface area (Å²) in [7, 11) is 0. The Kier molecular flexibility index (Phi) is 6.76. The predicted molar refractivity (Wildman–Crippen MR) is 53.4 cm³/mol. The number of aliphatic imine (C=N–C) groups is 1. The Morgan fingerprint density at radius 3 is 2.29 bits per heavy atom. The predicted octanol–water partition coefficient (Wildman–Crippen LogP) is 0.820. The molecule has 1 heterocycles. The molecule has 0 radical (unpaired) electrons. The van der Waals surface area contributed by atoms with Crippen LogP contribution in [0.25, 0.3) is 0 Å². The molecule has 80 valence electrons. The molecule has 1 aliphatic heterocycles. The Labute approximate surface area is 91.7 Å². The highest BCUT2D eigenvalue weighted by molar-refractivity contribution is 5.92. The Morgan fingerprint density at radius 1 is 1.36 bits per heavy atom. The lowest BCUT2D eigenvalue weighted by Gasteiger charge is -2.18. The summed E-state index contributed by atoms with van der Waals surface area (Å²) in [5.74, 6) is -1.30. The van der Waals surface area contributed by atoms with E-state index in [1.54, 1.807) is 0 Å². The third-order valence-electron chi connectivity index (χ3n) is 1.31. The van der Waals surface area contributed by atoms with E-state index in [2.05, 4.69) is 4.99 Å². The van der Waals surface area contributed by atoms with Crippen LogP contribution in [-0.4, -0.2) is 39.9 Å². The third kappa shape index (κ3) is 3.23. The standard InChI is InChI=1S/C6H6N2O4.2ClH/c9-5(10)4-3-7-1-2-8(4)6(11)12;;/h1,3H,2H2,(H,9,10)(H,11,12);2*1H. The number of carboxylic acid groups (broad SMARTS) is 2. The van der Waals surface area contributed by atoms with Gasteiger partial charge in [0.1, 0.15) is 0 Å². The molecule has 0 unspecified atom stereocenters. The number of carboxylic acids is 1. The van der Waals surface area contributed by atoms with Crippen LogP contribution in [0, 0.1) is 0 Å². The summed E-state index contributed by atoms with van der Waals surface area (Å²) in [6, 6.07) is 0. The maximum atomic E-state index is 10.4. The third-order valence-corrected chi connectivity index (χ3v) is 1.31. The molecule has 0 atom stereocenters. The van der Waals surface area contributed by atoms with Crippen molar-refractivity contribution in [2.75, 3.05) is 6.54 Å². The molecule has 1 amide bonds. The summed E-state index contributed by atoms with van der Waals surface area (Å²) in [5.41, 5.74) is -0.329. The first kappa shape index (κ1) is 15.2. The SMILES string of the molecule is Cl.Cl.O=C(O)C1=CN=CCN1C(=O)O. The number of aliphatic carboxylic acids is 1. The fourth-order valence-corrected chi connectivity index (χ4v) is 0.772. The van der Waals surface area contributed by atoms with E-state index in [-0.39, 0.29) is 37.1 Å². The molecular formula is C6H8Cl2N2O4. The molecule has 0 spiro atoms. The highest BCUT2D eigenvalue weighted by atomic mass is 35.5. The first-order chi connectivity index (χ1) is 5.63. The van der Waals surface area contributed by atoms with Crippen molar-refractivity contribution in [2.24, 2.45) is 4.99 Å². The number of hydrogen-bond acceptors (Lipinski definition) is 3. The maximum absolute atomic E-state index is 10.4. The van der Waals surface area contributed by atoms with Gasteiger partial charge in [-0.15, -0.1) is 24.8 Å². The quantitative estimate of drug-likeness (QED) is 0.713. The van der Waals surface area contributed by atoms with E-state index in [0.717, 1.165) is 6.20 Å². The number of rotatable bonds is 1. The molecule has 1 aliphatic rings. The zero-order chi connectivity index (χ0) is 9.14. The van der Waals surface area contributed by atoms with Crippen LogP contribution in [-0.2, 0) is 4.79 Å². The Balaban J connectivity index is 0. The number of amides is 1. The van der Waals surface area contributed by atoms with Gasteiger partial charge in [-0.1, -0.05) is 0 Å². The van der Waals surface area contributed by atoms with Crippen LogP contribution >= 0.6 is 24.8 Å². The van der Waals surface area contributed by atoms with Gasteiger partial charge in [0.2, 0.25) is 0 Å². The average Bonchev–Trinajstić information content (AvgIpc) is 2.04. The molecule has 0 saturated carbocycles. The normalized spacial score (nSPS) is 13.4. The summed E-state index contributed by atoms with van der Waals surface area (Å²) in [6.07, 6.45) is 1.02. The first-order valence-corrected chi connectivity index (χ1v) is 3.08. The molecule has 14 heavy (non-hydrogen) atoms. The van der Waals surface area contributed by atoms with Gasteiger partial charge in [0.15, 0.2) is 5.70 Å². The highest BCUT2D eigenvalue weighted by Crippen LogP contribution is 2.07. The molecule has 0 aromatic rings. The number of carbonyl (C=O) groups is 2. The summed E-state index contributed by atoms with van der Waals surface area (Å²) < 4.78 is 0. The fourth-order valence-electron chi connectivity index (χ4n) is 0.772. The summed E-state index contributed by atoms with van der Waals surface area (Å²) in [4.78, 5) is 25.1. The van der Waals surface area contributed by atoms with Crippen LogP contribution in [0.15, 0.2) is 16.9 Å². The van der Waals surface area contributed by atoms with Gasteiger partial charge in [0.05, 0.1) is 12.7 Å². The van der Waals surface area contributed by atoms with Crippen molar-refractivity contribution >= 4 is 43.1 Å². The van der Waals surface area contributed by atoms with Gasteiger partial charge in [-0.3, -0.25) is 9.89 Å². The largest absolute Gasteiger partial charge is 0.477 e. The lowest BCUT2D eigenvalue weighted by molar-refractivity contribution is -0.134. The van der Waals surface area contributed by atoms with E-state index in [4.69, 9.17) is 10.2 Å². The van der Waals surface area contributed by atoms with E-state index in [1.807, 2.05) is 0 Å². The molecule has 1 rings (SSSR count). The van der Waals surface area contributed by atoms with Gasteiger partial charge in [-0.2, -0.15) is 0 Å². The van der Waals surface area contributed by atoms with Crippen LogP contribution in [0.2, 0.25) is 0 Å². The summed E-state index contributed by atoms with van der Waals surface area (Å²) in [5, 5.41) is 17.0. The molecule has 0 aromatic heterocycles. The highest BCUT2D eigenvalue weighted by Gasteiger charge is 2.23. The molecule has 0 aliphatic carbocycles. The van der Waals surface area contributed by atoms with Crippen LogP contribution in [0.4, 0.5) is 4.79 Å². The zero-order valence-corrected chi connectivity index (χ0v) is 8.42. The van der Waals surface area contributed by atoms with E-state index in [0.29, 0.717) is 4.90 Å². The maximum Gasteiger partial charge on any atom is 0.412 e. The molecule has 0 fully saturated rings. The second kappa shape index (κ2) is 6.22. The van der Waals surface area contributed by atoms with Crippen LogP contribution in [0.5, 0.6) is 0 Å². The molecule has 0 saturated heterocycles. The topological polar surface area (TPSA) is 90.2 Å². The average molecular weight is 243 g/mol. The summed E-state index contributed by atoms with van der Waals surface area (Å²) >= 11 is 0. The van der Waals surface area contributed by atoms with Crippen molar-refractivity contribution < 1.29 is 19.8 Å². The lowest BCUT2D eigenvalue weighted by Crippen LogP contribution is -2.35. The molecular weight excluding hydrogens is 235 g/mol. The van der Waals surface area contributed by atoms with Crippen molar-refractivity contribution in [1.29, 1.82) is 0 Å². The van der Waals surface area contributed by atoms with Gasteiger partial charge >= 0.3 is 12.1 Å². The minimum atomic E-state index is -1.30. The fraction of sp³-hybridized carbons (Fsp3) is 0.167. The van der Waals surface area contributed by atoms with Gasteiger partial charge in [-0.05, 0) is 0 Å². The van der Waals surface area contributed by atoms with Crippen molar-refractivity contribution in [2.45, 2.75) is 0 Å². The lowest BCUT2D eigenvalue weighted by atomic mass is 10.3. The molecule has 6 nitrogen and oxygen atoms in total. The first-order valence-electron chi connectivity index (χ1n) is 3.08. The van der Waals surface area contributed by atoms with Crippen LogP contribution in [0.1, 0.15) is 0 Å². The van der Waals surface area contributed by atoms with Gasteiger partial charge < -0.3 is 10.2 Å². The van der Waals surface area contributed by atoms with Crippen LogP contribution in [0.3, 0.4) is 0 Å². The molecule has 8 heteroatoms. The second-order valence-electron chi connectivity index (χ2n) is 2.04. The van der Waals surface area contributed by atoms with E-state index in [1.165, 1.54) is 6.21 Å². The summed E-state index contributed by atoms with van der Waals surface area (Å²) in [6.45, 7) is -0.0204. The van der Waals surface area contributed by atoms with Gasteiger partial charge in [0, 0.05) is 6.21 Å². The van der Waals surface area contributed by atoms with E-state index < -0.39 is 12.1 Å². The second-order valence-corrected chi connectivity index (χ2v) is 2.04. The Bertz CT molecular complexity index is 290. The minimum Gasteiger partial charge on any atom is -0.477 e. The number of hydrogen-bond donors (Lipinski definition) is 2. The van der Waals surface area contributed by atoms with Gasteiger partial charge in [0.25, 0.3) is 0 Å². The van der Waals surface area contributed by atoms with E-state index >= 15 is 0 Å². The number of halogens is 2. The van der Waals surface area contributed by atoms with Crippen molar-refractivity contribution in [1.82, 2.24) is 4.90 Å². The van der Waals surface area contributed by atoms with Crippen molar-refractivity contribution in [3.63, 3.8) is 0 Å². The smallest absolute Gasteiger partial charge is 0.412 e. The minimum absolute atomic E-state index is 0. The number of nitrogens with zero attached hydrogens (tertiary/aromatic N) is 2. The van der Waals surface area contributed by atoms with Crippen molar-refractivity contribution in [3.8, 4) is 0 Å². The monoisotopic (exact) mass is 242 g/mol. The molecule has 0 bridgehead atoms. The zero-order valence-electron chi connectivity index (χ0n) is 6.78. The Hall–Kier alpha value is -1.27. The molecule has 0 aromatic carbocycles. The molecule has 2 N–H and O–H groups in total. The van der Waals surface area contributed by atoms with Crippen LogP contribution < -0.4 is 0 Å².